The van der Waals surface area contributed by atoms with Crippen LogP contribution in [0.3, 0.4) is 0 Å². The highest BCUT2D eigenvalue weighted by Crippen LogP contribution is 2.18. The Kier molecular flexibility index (Phi) is 4.74. The van der Waals surface area contributed by atoms with E-state index in [1.165, 1.54) is 12.1 Å². The SMILES string of the molecule is CCc1cc(COc2cc(F)cc(CN)c2)n(CC)n1. The van der Waals surface area contributed by atoms with Crippen LogP contribution in [0.25, 0.3) is 0 Å². The van der Waals surface area contributed by atoms with Gasteiger partial charge in [0.1, 0.15) is 18.2 Å². The standard InChI is InChI=1S/C15H20FN3O/c1-3-13-8-14(19(4-2)18-13)10-20-15-6-11(9-17)5-12(16)7-15/h5-8H,3-4,9-10,17H2,1-2H3. The lowest BCUT2D eigenvalue weighted by atomic mass is 10.2. The van der Waals surface area contributed by atoms with Gasteiger partial charge in [0.15, 0.2) is 0 Å². The number of ether oxygens (including phenoxy) is 1. The molecule has 5 heteroatoms. The van der Waals surface area contributed by atoms with E-state index in [1.54, 1.807) is 6.07 Å². The van der Waals surface area contributed by atoms with Crippen molar-refractivity contribution in [3.8, 4) is 5.75 Å². The van der Waals surface area contributed by atoms with Crippen LogP contribution in [0.15, 0.2) is 24.3 Å². The van der Waals surface area contributed by atoms with Gasteiger partial charge in [0.05, 0.1) is 11.4 Å². The fourth-order valence-electron chi connectivity index (χ4n) is 2.06. The van der Waals surface area contributed by atoms with E-state index < -0.39 is 0 Å². The van der Waals surface area contributed by atoms with E-state index in [0.717, 1.165) is 29.9 Å². The first-order valence-electron chi connectivity index (χ1n) is 6.84. The number of benzene rings is 1. The largest absolute Gasteiger partial charge is 0.487 e. The number of nitrogens with zero attached hydrogens (tertiary/aromatic N) is 2. The van der Waals surface area contributed by atoms with Gasteiger partial charge < -0.3 is 10.5 Å². The number of aromatic nitrogens is 2. The van der Waals surface area contributed by atoms with Crippen LogP contribution in [0.5, 0.6) is 5.75 Å². The molecule has 0 aliphatic heterocycles. The van der Waals surface area contributed by atoms with E-state index in [0.29, 0.717) is 18.9 Å². The quantitative estimate of drug-likeness (QED) is 0.883. The van der Waals surface area contributed by atoms with Crippen molar-refractivity contribution in [3.05, 3.63) is 47.0 Å². The molecule has 0 unspecified atom stereocenters. The zero-order valence-corrected chi connectivity index (χ0v) is 11.9. The van der Waals surface area contributed by atoms with Crippen LogP contribution in [-0.4, -0.2) is 9.78 Å². The third-order valence-corrected chi connectivity index (χ3v) is 3.13. The maximum atomic E-state index is 13.4. The summed E-state index contributed by atoms with van der Waals surface area (Å²) in [5.74, 6) is 0.161. The molecule has 0 saturated heterocycles. The molecule has 0 saturated carbocycles. The predicted molar refractivity (Wildman–Crippen MR) is 75.9 cm³/mol. The zero-order valence-electron chi connectivity index (χ0n) is 11.9. The fourth-order valence-corrected chi connectivity index (χ4v) is 2.06. The lowest BCUT2D eigenvalue weighted by Crippen LogP contribution is -2.06. The van der Waals surface area contributed by atoms with Crippen LogP contribution in [0, 0.1) is 5.82 Å². The molecule has 0 aliphatic carbocycles. The number of aryl methyl sites for hydroxylation is 2. The molecule has 20 heavy (non-hydrogen) atoms. The molecule has 1 aromatic heterocycles. The molecule has 0 spiro atoms. The minimum atomic E-state index is -0.332. The Balaban J connectivity index is 2.12. The third kappa shape index (κ3) is 3.36. The molecule has 0 atom stereocenters. The Morgan fingerprint density at radius 2 is 2.05 bits per heavy atom. The highest BCUT2D eigenvalue weighted by molar-refractivity contribution is 5.29. The molecule has 0 aliphatic rings. The van der Waals surface area contributed by atoms with Gasteiger partial charge in [-0.1, -0.05) is 6.92 Å². The van der Waals surface area contributed by atoms with Crippen LogP contribution in [0.4, 0.5) is 4.39 Å². The van der Waals surface area contributed by atoms with Gasteiger partial charge in [0, 0.05) is 19.2 Å². The Morgan fingerprint density at radius 3 is 2.70 bits per heavy atom. The number of nitrogens with two attached hydrogens (primary N) is 1. The fraction of sp³-hybridized carbons (Fsp3) is 0.400. The van der Waals surface area contributed by atoms with E-state index in [-0.39, 0.29) is 5.82 Å². The number of rotatable bonds is 6. The monoisotopic (exact) mass is 277 g/mol. The van der Waals surface area contributed by atoms with Gasteiger partial charge in [-0.25, -0.2) is 4.39 Å². The summed E-state index contributed by atoms with van der Waals surface area (Å²) < 4.78 is 21.0. The molecule has 0 radical (unpaired) electrons. The second-order valence-electron chi connectivity index (χ2n) is 4.58. The maximum absolute atomic E-state index is 13.4. The predicted octanol–water partition coefficient (Wildman–Crippen LogP) is 2.64. The van der Waals surface area contributed by atoms with Crippen molar-refractivity contribution in [3.63, 3.8) is 0 Å². The van der Waals surface area contributed by atoms with Crippen LogP contribution >= 0.6 is 0 Å². The van der Waals surface area contributed by atoms with Crippen molar-refractivity contribution in [1.82, 2.24) is 9.78 Å². The summed E-state index contributed by atoms with van der Waals surface area (Å²) in [6.07, 6.45) is 0.886. The highest BCUT2D eigenvalue weighted by Gasteiger charge is 2.07. The van der Waals surface area contributed by atoms with Crippen molar-refractivity contribution in [2.24, 2.45) is 5.73 Å². The van der Waals surface area contributed by atoms with E-state index in [4.69, 9.17) is 10.5 Å². The first kappa shape index (κ1) is 14.5. The summed E-state index contributed by atoms with van der Waals surface area (Å²) in [7, 11) is 0. The van der Waals surface area contributed by atoms with Gasteiger partial charge in [0.2, 0.25) is 0 Å². The van der Waals surface area contributed by atoms with Crippen molar-refractivity contribution >= 4 is 0 Å². The summed E-state index contributed by atoms with van der Waals surface area (Å²) in [6, 6.07) is 6.56. The second-order valence-corrected chi connectivity index (χ2v) is 4.58. The van der Waals surface area contributed by atoms with E-state index in [9.17, 15) is 4.39 Å². The Hall–Kier alpha value is -1.88. The smallest absolute Gasteiger partial charge is 0.130 e. The number of halogens is 1. The summed E-state index contributed by atoms with van der Waals surface area (Å²) in [4.78, 5) is 0. The normalized spacial score (nSPS) is 10.8. The van der Waals surface area contributed by atoms with Gasteiger partial charge in [-0.2, -0.15) is 5.10 Å². The van der Waals surface area contributed by atoms with Crippen LogP contribution in [0.2, 0.25) is 0 Å². The summed E-state index contributed by atoms with van der Waals surface area (Å²) in [5.41, 5.74) is 8.27. The minimum Gasteiger partial charge on any atom is -0.487 e. The first-order valence-corrected chi connectivity index (χ1v) is 6.84. The van der Waals surface area contributed by atoms with Gasteiger partial charge in [-0.05, 0) is 37.1 Å². The molecule has 0 fully saturated rings. The van der Waals surface area contributed by atoms with Gasteiger partial charge in [0.25, 0.3) is 0 Å². The topological polar surface area (TPSA) is 53.1 Å². The molecule has 1 heterocycles. The van der Waals surface area contributed by atoms with Gasteiger partial charge in [-0.15, -0.1) is 0 Å². The average molecular weight is 277 g/mol. The molecule has 2 N–H and O–H groups in total. The van der Waals surface area contributed by atoms with E-state index >= 15 is 0 Å². The lowest BCUT2D eigenvalue weighted by molar-refractivity contribution is 0.290. The van der Waals surface area contributed by atoms with Crippen LogP contribution in [-0.2, 0) is 26.1 Å². The summed E-state index contributed by atoms with van der Waals surface area (Å²) >= 11 is 0. The van der Waals surface area contributed by atoms with Crippen LogP contribution < -0.4 is 10.5 Å². The van der Waals surface area contributed by atoms with Crippen molar-refractivity contribution in [2.45, 2.75) is 40.0 Å². The van der Waals surface area contributed by atoms with Crippen LogP contribution in [0.1, 0.15) is 30.8 Å². The molecule has 108 valence electrons. The van der Waals surface area contributed by atoms with Gasteiger partial charge >= 0.3 is 0 Å². The molecule has 1 aromatic carbocycles. The number of hydrogen-bond acceptors (Lipinski definition) is 3. The average Bonchev–Trinajstić information content (AvgIpc) is 2.87. The summed E-state index contributed by atoms with van der Waals surface area (Å²) in [5, 5.41) is 4.45. The first-order chi connectivity index (χ1) is 9.66. The Morgan fingerprint density at radius 1 is 1.25 bits per heavy atom. The van der Waals surface area contributed by atoms with E-state index in [2.05, 4.69) is 12.0 Å². The highest BCUT2D eigenvalue weighted by atomic mass is 19.1. The molecular formula is C15H20FN3O. The minimum absolute atomic E-state index is 0.293. The Labute approximate surface area is 118 Å². The van der Waals surface area contributed by atoms with Crippen molar-refractivity contribution < 1.29 is 9.13 Å². The lowest BCUT2D eigenvalue weighted by Gasteiger charge is -2.09. The van der Waals surface area contributed by atoms with Crippen molar-refractivity contribution in [2.75, 3.05) is 0 Å². The molecule has 4 nitrogen and oxygen atoms in total. The van der Waals surface area contributed by atoms with E-state index in [1.807, 2.05) is 17.7 Å². The third-order valence-electron chi connectivity index (χ3n) is 3.13. The molecule has 0 bridgehead atoms. The summed E-state index contributed by atoms with van der Waals surface area (Å²) in [6.45, 7) is 5.54. The van der Waals surface area contributed by atoms with Gasteiger partial charge in [-0.3, -0.25) is 4.68 Å². The zero-order chi connectivity index (χ0) is 14.5. The molecule has 2 aromatic rings. The molecule has 0 amide bonds. The maximum Gasteiger partial charge on any atom is 0.130 e. The molecular weight excluding hydrogens is 257 g/mol. The Bertz CT molecular complexity index is 580. The molecule has 2 rings (SSSR count). The second kappa shape index (κ2) is 6.52. The van der Waals surface area contributed by atoms with Crippen molar-refractivity contribution in [1.29, 1.82) is 0 Å². The number of hydrogen-bond donors (Lipinski definition) is 1.